The molecular weight excluding hydrogens is 204 g/mol. The smallest absolute Gasteiger partial charge is 0.271 e. The van der Waals surface area contributed by atoms with Crippen molar-refractivity contribution in [1.29, 1.82) is 0 Å². The standard InChI is InChI=1S/C12H16N2O2/c1-9-3-4-10(14(15)16)7-11(9)13-8-12(2)5-6-12/h3-4,7,13H,5-6,8H2,1-2H3. The Hall–Kier alpha value is -1.58. The second-order valence-corrected chi connectivity index (χ2v) is 4.92. The number of anilines is 1. The fourth-order valence-corrected chi connectivity index (χ4v) is 1.61. The number of nitro benzene ring substituents is 1. The van der Waals surface area contributed by atoms with Crippen molar-refractivity contribution >= 4 is 11.4 Å². The molecule has 1 aromatic rings. The lowest BCUT2D eigenvalue weighted by Gasteiger charge is -2.13. The minimum Gasteiger partial charge on any atom is -0.384 e. The Morgan fingerprint density at radius 2 is 2.19 bits per heavy atom. The molecule has 0 heterocycles. The number of non-ortho nitro benzene ring substituents is 1. The fourth-order valence-electron chi connectivity index (χ4n) is 1.61. The molecule has 0 unspecified atom stereocenters. The Labute approximate surface area is 94.8 Å². The third-order valence-electron chi connectivity index (χ3n) is 3.24. The molecule has 0 amide bonds. The maximum atomic E-state index is 10.7. The van der Waals surface area contributed by atoms with Crippen LogP contribution in [0.5, 0.6) is 0 Å². The number of nitrogens with zero attached hydrogens (tertiary/aromatic N) is 1. The monoisotopic (exact) mass is 220 g/mol. The SMILES string of the molecule is Cc1ccc([N+](=O)[O-])cc1NCC1(C)CC1. The summed E-state index contributed by atoms with van der Waals surface area (Å²) in [6.07, 6.45) is 2.49. The van der Waals surface area contributed by atoms with Gasteiger partial charge in [0.05, 0.1) is 4.92 Å². The van der Waals surface area contributed by atoms with Crippen LogP contribution in [-0.2, 0) is 0 Å². The average molecular weight is 220 g/mol. The normalized spacial score (nSPS) is 16.9. The van der Waals surface area contributed by atoms with Crippen LogP contribution in [-0.4, -0.2) is 11.5 Å². The zero-order valence-corrected chi connectivity index (χ0v) is 9.62. The molecule has 16 heavy (non-hydrogen) atoms. The van der Waals surface area contributed by atoms with Crippen LogP contribution in [0.15, 0.2) is 18.2 Å². The largest absolute Gasteiger partial charge is 0.384 e. The van der Waals surface area contributed by atoms with Gasteiger partial charge >= 0.3 is 0 Å². The van der Waals surface area contributed by atoms with Crippen LogP contribution in [0, 0.1) is 22.5 Å². The predicted molar refractivity (Wildman–Crippen MR) is 63.7 cm³/mol. The van der Waals surface area contributed by atoms with Crippen molar-refractivity contribution in [2.24, 2.45) is 5.41 Å². The number of hydrogen-bond acceptors (Lipinski definition) is 3. The van der Waals surface area contributed by atoms with E-state index >= 15 is 0 Å². The summed E-state index contributed by atoms with van der Waals surface area (Å²) in [6.45, 7) is 5.09. The molecular formula is C12H16N2O2. The number of nitro groups is 1. The Morgan fingerprint density at radius 1 is 1.50 bits per heavy atom. The van der Waals surface area contributed by atoms with E-state index in [-0.39, 0.29) is 10.6 Å². The Kier molecular flexibility index (Phi) is 2.58. The summed E-state index contributed by atoms with van der Waals surface area (Å²) in [5, 5.41) is 14.0. The number of rotatable bonds is 4. The summed E-state index contributed by atoms with van der Waals surface area (Å²) < 4.78 is 0. The van der Waals surface area contributed by atoms with Crippen molar-refractivity contribution in [3.8, 4) is 0 Å². The summed E-state index contributed by atoms with van der Waals surface area (Å²) in [4.78, 5) is 10.3. The van der Waals surface area contributed by atoms with Crippen LogP contribution in [0.25, 0.3) is 0 Å². The molecule has 2 rings (SSSR count). The first kappa shape index (κ1) is 10.9. The lowest BCUT2D eigenvalue weighted by molar-refractivity contribution is -0.384. The molecule has 0 radical (unpaired) electrons. The van der Waals surface area contributed by atoms with Crippen molar-refractivity contribution < 1.29 is 4.92 Å². The van der Waals surface area contributed by atoms with Crippen molar-refractivity contribution in [1.82, 2.24) is 0 Å². The van der Waals surface area contributed by atoms with Crippen LogP contribution in [0.4, 0.5) is 11.4 Å². The first-order valence-electron chi connectivity index (χ1n) is 5.49. The molecule has 0 bridgehead atoms. The van der Waals surface area contributed by atoms with Gasteiger partial charge in [0.15, 0.2) is 0 Å². The minimum atomic E-state index is -0.358. The van der Waals surface area contributed by atoms with E-state index in [0.717, 1.165) is 17.8 Å². The van der Waals surface area contributed by atoms with Crippen LogP contribution in [0.1, 0.15) is 25.3 Å². The number of aryl methyl sites for hydroxylation is 1. The zero-order chi connectivity index (χ0) is 11.8. The maximum Gasteiger partial charge on any atom is 0.271 e. The summed E-state index contributed by atoms with van der Waals surface area (Å²) >= 11 is 0. The number of nitrogens with one attached hydrogen (secondary N) is 1. The van der Waals surface area contributed by atoms with Crippen LogP contribution >= 0.6 is 0 Å². The minimum absolute atomic E-state index is 0.147. The third kappa shape index (κ3) is 2.32. The van der Waals surface area contributed by atoms with Gasteiger partial charge in [-0.15, -0.1) is 0 Å². The van der Waals surface area contributed by atoms with Gasteiger partial charge in [-0.1, -0.05) is 13.0 Å². The van der Waals surface area contributed by atoms with Crippen molar-refractivity contribution in [2.45, 2.75) is 26.7 Å². The number of hydrogen-bond donors (Lipinski definition) is 1. The lowest BCUT2D eigenvalue weighted by atomic mass is 10.1. The Balaban J connectivity index is 2.12. The molecule has 1 aliphatic rings. The van der Waals surface area contributed by atoms with Gasteiger partial charge in [-0.25, -0.2) is 0 Å². The highest BCUT2D eigenvalue weighted by atomic mass is 16.6. The molecule has 0 spiro atoms. The van der Waals surface area contributed by atoms with E-state index in [4.69, 9.17) is 0 Å². The number of benzene rings is 1. The van der Waals surface area contributed by atoms with Gasteiger partial charge in [-0.2, -0.15) is 0 Å². The zero-order valence-electron chi connectivity index (χ0n) is 9.62. The first-order valence-corrected chi connectivity index (χ1v) is 5.49. The van der Waals surface area contributed by atoms with E-state index in [9.17, 15) is 10.1 Å². The summed E-state index contributed by atoms with van der Waals surface area (Å²) in [6, 6.07) is 4.94. The van der Waals surface area contributed by atoms with Crippen LogP contribution in [0.3, 0.4) is 0 Å². The predicted octanol–water partition coefficient (Wildman–Crippen LogP) is 3.12. The lowest BCUT2D eigenvalue weighted by Crippen LogP contribution is -2.12. The molecule has 1 aromatic carbocycles. The highest BCUT2D eigenvalue weighted by Gasteiger charge is 2.36. The topological polar surface area (TPSA) is 55.2 Å². The van der Waals surface area contributed by atoms with E-state index in [0.29, 0.717) is 5.41 Å². The summed E-state index contributed by atoms with van der Waals surface area (Å²) in [5.74, 6) is 0. The van der Waals surface area contributed by atoms with Crippen LogP contribution in [0.2, 0.25) is 0 Å². The molecule has 1 saturated carbocycles. The van der Waals surface area contributed by atoms with Gasteiger partial charge in [-0.3, -0.25) is 10.1 Å². The van der Waals surface area contributed by atoms with Crippen molar-refractivity contribution in [3.05, 3.63) is 33.9 Å². The van der Waals surface area contributed by atoms with E-state index in [1.54, 1.807) is 18.2 Å². The van der Waals surface area contributed by atoms with Gasteiger partial charge in [0.1, 0.15) is 0 Å². The maximum absolute atomic E-state index is 10.7. The van der Waals surface area contributed by atoms with Crippen molar-refractivity contribution in [3.63, 3.8) is 0 Å². The molecule has 86 valence electrons. The second kappa shape index (κ2) is 3.77. The van der Waals surface area contributed by atoms with E-state index in [1.165, 1.54) is 12.8 Å². The summed E-state index contributed by atoms with van der Waals surface area (Å²) in [5.41, 5.74) is 2.48. The highest BCUT2D eigenvalue weighted by Crippen LogP contribution is 2.44. The first-order chi connectivity index (χ1) is 7.50. The molecule has 0 saturated heterocycles. The van der Waals surface area contributed by atoms with Crippen molar-refractivity contribution in [2.75, 3.05) is 11.9 Å². The molecule has 4 nitrogen and oxygen atoms in total. The van der Waals surface area contributed by atoms with Crippen LogP contribution < -0.4 is 5.32 Å². The quantitative estimate of drug-likeness (QED) is 0.626. The van der Waals surface area contributed by atoms with Gasteiger partial charge in [0.2, 0.25) is 0 Å². The molecule has 1 aliphatic carbocycles. The van der Waals surface area contributed by atoms with Gasteiger partial charge in [0, 0.05) is 24.4 Å². The average Bonchev–Trinajstić information content (AvgIpc) is 2.95. The van der Waals surface area contributed by atoms with E-state index < -0.39 is 0 Å². The van der Waals surface area contributed by atoms with Gasteiger partial charge in [0.25, 0.3) is 5.69 Å². The molecule has 0 atom stereocenters. The van der Waals surface area contributed by atoms with E-state index in [1.807, 2.05) is 6.92 Å². The third-order valence-corrected chi connectivity index (χ3v) is 3.24. The second-order valence-electron chi connectivity index (χ2n) is 4.92. The molecule has 0 aromatic heterocycles. The van der Waals surface area contributed by atoms with E-state index in [2.05, 4.69) is 12.2 Å². The molecule has 4 heteroatoms. The summed E-state index contributed by atoms with van der Waals surface area (Å²) in [7, 11) is 0. The molecule has 1 fully saturated rings. The van der Waals surface area contributed by atoms with Gasteiger partial charge < -0.3 is 5.32 Å². The highest BCUT2D eigenvalue weighted by molar-refractivity contribution is 5.56. The molecule has 0 aliphatic heterocycles. The fraction of sp³-hybridized carbons (Fsp3) is 0.500. The molecule has 1 N–H and O–H groups in total. The van der Waals surface area contributed by atoms with Gasteiger partial charge in [-0.05, 0) is 30.7 Å². The Bertz CT molecular complexity index is 425. The Morgan fingerprint density at radius 3 is 2.75 bits per heavy atom.